The van der Waals surface area contributed by atoms with Gasteiger partial charge in [-0.3, -0.25) is 9.52 Å². The predicted octanol–water partition coefficient (Wildman–Crippen LogP) is 5.30. The van der Waals surface area contributed by atoms with Crippen LogP contribution in [0.1, 0.15) is 52.5 Å². The fourth-order valence-electron chi connectivity index (χ4n) is 3.54. The van der Waals surface area contributed by atoms with E-state index in [1.165, 1.54) is 6.07 Å². The third-order valence-corrected chi connectivity index (χ3v) is 6.91. The second kappa shape index (κ2) is 10.1. The summed E-state index contributed by atoms with van der Waals surface area (Å²) in [4.78, 5) is 13.0. The molecule has 0 fully saturated rings. The van der Waals surface area contributed by atoms with Gasteiger partial charge in [0.25, 0.3) is 15.9 Å². The van der Waals surface area contributed by atoms with Crippen molar-refractivity contribution in [3.05, 3.63) is 88.5 Å². The lowest BCUT2D eigenvalue weighted by Gasteiger charge is -2.17. The van der Waals surface area contributed by atoms with Gasteiger partial charge in [0.2, 0.25) is 0 Å². The molecule has 3 rings (SSSR count). The quantitative estimate of drug-likeness (QED) is 0.472. The van der Waals surface area contributed by atoms with E-state index in [1.54, 1.807) is 25.1 Å². The fraction of sp³-hybridized carbons (Fsp3) is 0.269. The summed E-state index contributed by atoms with van der Waals surface area (Å²) in [5.74, 6) is 0.420. The molecule has 1 unspecified atom stereocenters. The minimum absolute atomic E-state index is 0.0730. The average molecular weight is 467 g/mol. The molecule has 1 amide bonds. The van der Waals surface area contributed by atoms with Crippen LogP contribution in [0.2, 0.25) is 0 Å². The molecule has 0 saturated carbocycles. The molecule has 0 spiro atoms. The van der Waals surface area contributed by atoms with E-state index in [4.69, 9.17) is 4.74 Å². The molecule has 0 aliphatic carbocycles. The number of rotatable bonds is 8. The zero-order valence-corrected chi connectivity index (χ0v) is 20.4. The lowest BCUT2D eigenvalue weighted by Crippen LogP contribution is -2.27. The van der Waals surface area contributed by atoms with E-state index in [9.17, 15) is 13.2 Å². The van der Waals surface area contributed by atoms with Crippen molar-refractivity contribution in [2.45, 2.75) is 45.6 Å². The molecule has 0 saturated heterocycles. The monoisotopic (exact) mass is 466 g/mol. The summed E-state index contributed by atoms with van der Waals surface area (Å²) in [6.07, 6.45) is 0. The Balaban J connectivity index is 1.80. The summed E-state index contributed by atoms with van der Waals surface area (Å²) in [6, 6.07) is 17.5. The van der Waals surface area contributed by atoms with E-state index in [-0.39, 0.29) is 22.4 Å². The molecule has 0 aliphatic heterocycles. The number of carbonyl (C=O) groups excluding carboxylic acids is 1. The smallest absolute Gasteiger partial charge is 0.262 e. The van der Waals surface area contributed by atoms with E-state index in [2.05, 4.69) is 10.0 Å². The van der Waals surface area contributed by atoms with Crippen LogP contribution < -0.4 is 14.8 Å². The maximum Gasteiger partial charge on any atom is 0.262 e. The van der Waals surface area contributed by atoms with Crippen molar-refractivity contribution in [3.63, 3.8) is 0 Å². The molecule has 3 aromatic rings. The Kier molecular flexibility index (Phi) is 7.43. The van der Waals surface area contributed by atoms with Crippen LogP contribution in [0.3, 0.4) is 0 Å². The van der Waals surface area contributed by atoms with Crippen molar-refractivity contribution in [1.82, 2.24) is 5.32 Å². The molecule has 2 N–H and O–H groups in total. The van der Waals surface area contributed by atoms with Gasteiger partial charge >= 0.3 is 0 Å². The second-order valence-electron chi connectivity index (χ2n) is 8.10. The Hall–Kier alpha value is -3.32. The minimum atomic E-state index is -3.87. The van der Waals surface area contributed by atoms with Gasteiger partial charge in [0.05, 0.1) is 23.2 Å². The van der Waals surface area contributed by atoms with Crippen LogP contribution in [0, 0.1) is 20.8 Å². The first-order chi connectivity index (χ1) is 15.6. The van der Waals surface area contributed by atoms with Gasteiger partial charge in [-0.25, -0.2) is 8.42 Å². The van der Waals surface area contributed by atoms with Gasteiger partial charge in [-0.05, 0) is 81.6 Å². The Bertz CT molecular complexity index is 1250. The molecule has 174 valence electrons. The van der Waals surface area contributed by atoms with Crippen molar-refractivity contribution in [2.75, 3.05) is 11.3 Å². The number of nitrogens with one attached hydrogen (secondary N) is 2. The normalized spacial score (nSPS) is 12.2. The molecular formula is C26H30N2O4S. The summed E-state index contributed by atoms with van der Waals surface area (Å²) in [5.41, 5.74) is 4.14. The first kappa shape index (κ1) is 24.3. The molecule has 0 heterocycles. The standard InChI is InChI=1S/C26H30N2O4S/c1-6-32-23-12-10-21(11-13-23)20(5)27-26(29)22-9-8-18(3)25(16-22)33(30,31)28-24-14-7-17(2)15-19(24)4/h7-16,20,28H,6H2,1-5H3,(H,27,29). The molecule has 1 atom stereocenters. The third kappa shape index (κ3) is 5.93. The molecule has 0 bridgehead atoms. The highest BCUT2D eigenvalue weighted by molar-refractivity contribution is 7.92. The zero-order chi connectivity index (χ0) is 24.2. The van der Waals surface area contributed by atoms with E-state index in [0.29, 0.717) is 17.9 Å². The second-order valence-corrected chi connectivity index (χ2v) is 9.75. The lowest BCUT2D eigenvalue weighted by atomic mass is 10.1. The average Bonchev–Trinajstić information content (AvgIpc) is 2.76. The van der Waals surface area contributed by atoms with Crippen molar-refractivity contribution in [2.24, 2.45) is 0 Å². The van der Waals surface area contributed by atoms with Crippen LogP contribution in [0.15, 0.2) is 65.6 Å². The Labute approximate surface area is 196 Å². The summed E-state index contributed by atoms with van der Waals surface area (Å²) in [5, 5.41) is 2.93. The van der Waals surface area contributed by atoms with Crippen molar-refractivity contribution < 1.29 is 17.9 Å². The maximum absolute atomic E-state index is 13.1. The molecule has 7 heteroatoms. The number of aryl methyl sites for hydroxylation is 3. The Morgan fingerprint density at radius 3 is 2.27 bits per heavy atom. The largest absolute Gasteiger partial charge is 0.494 e. The summed E-state index contributed by atoms with van der Waals surface area (Å²) in [7, 11) is -3.87. The number of ether oxygens (including phenoxy) is 1. The van der Waals surface area contributed by atoms with Crippen LogP contribution in [0.25, 0.3) is 0 Å². The Morgan fingerprint density at radius 2 is 1.64 bits per heavy atom. The number of hydrogen-bond acceptors (Lipinski definition) is 4. The van der Waals surface area contributed by atoms with Crippen LogP contribution in [-0.2, 0) is 10.0 Å². The van der Waals surface area contributed by atoms with Gasteiger partial charge in [0.1, 0.15) is 5.75 Å². The first-order valence-corrected chi connectivity index (χ1v) is 12.3. The molecule has 6 nitrogen and oxygen atoms in total. The highest BCUT2D eigenvalue weighted by Crippen LogP contribution is 2.24. The van der Waals surface area contributed by atoms with Crippen molar-refractivity contribution in [1.29, 1.82) is 0 Å². The van der Waals surface area contributed by atoms with E-state index in [0.717, 1.165) is 22.4 Å². The zero-order valence-electron chi connectivity index (χ0n) is 19.6. The highest BCUT2D eigenvalue weighted by Gasteiger charge is 2.21. The van der Waals surface area contributed by atoms with Gasteiger partial charge in [-0.2, -0.15) is 0 Å². The van der Waals surface area contributed by atoms with Crippen LogP contribution in [0.4, 0.5) is 5.69 Å². The van der Waals surface area contributed by atoms with Crippen molar-refractivity contribution in [3.8, 4) is 5.75 Å². The van der Waals surface area contributed by atoms with E-state index >= 15 is 0 Å². The lowest BCUT2D eigenvalue weighted by molar-refractivity contribution is 0.0939. The third-order valence-electron chi connectivity index (χ3n) is 5.40. The SMILES string of the molecule is CCOc1ccc(C(C)NC(=O)c2ccc(C)c(S(=O)(=O)Nc3ccc(C)cc3C)c2)cc1. The van der Waals surface area contributed by atoms with Gasteiger partial charge < -0.3 is 10.1 Å². The molecule has 3 aromatic carbocycles. The van der Waals surface area contributed by atoms with Gasteiger partial charge in [0.15, 0.2) is 0 Å². The van der Waals surface area contributed by atoms with Gasteiger partial charge in [-0.15, -0.1) is 0 Å². The summed E-state index contributed by atoms with van der Waals surface area (Å²) >= 11 is 0. The van der Waals surface area contributed by atoms with Crippen LogP contribution in [-0.4, -0.2) is 20.9 Å². The van der Waals surface area contributed by atoms with E-state index in [1.807, 2.05) is 64.1 Å². The van der Waals surface area contributed by atoms with Crippen LogP contribution in [0.5, 0.6) is 5.75 Å². The topological polar surface area (TPSA) is 84.5 Å². The molecule has 0 radical (unpaired) electrons. The first-order valence-electron chi connectivity index (χ1n) is 10.8. The van der Waals surface area contributed by atoms with E-state index < -0.39 is 10.0 Å². The molecular weight excluding hydrogens is 436 g/mol. The van der Waals surface area contributed by atoms with Crippen molar-refractivity contribution >= 4 is 21.6 Å². The Morgan fingerprint density at radius 1 is 0.939 bits per heavy atom. The molecule has 0 aromatic heterocycles. The predicted molar refractivity (Wildman–Crippen MR) is 131 cm³/mol. The number of anilines is 1. The minimum Gasteiger partial charge on any atom is -0.494 e. The molecule has 0 aliphatic rings. The fourth-order valence-corrected chi connectivity index (χ4v) is 4.94. The number of carbonyl (C=O) groups is 1. The number of amides is 1. The van der Waals surface area contributed by atoms with Crippen LogP contribution >= 0.6 is 0 Å². The molecule has 33 heavy (non-hydrogen) atoms. The number of sulfonamides is 1. The summed E-state index contributed by atoms with van der Waals surface area (Å²) in [6.45, 7) is 9.89. The number of hydrogen-bond donors (Lipinski definition) is 2. The highest BCUT2D eigenvalue weighted by atomic mass is 32.2. The van der Waals surface area contributed by atoms with Gasteiger partial charge in [0, 0.05) is 5.56 Å². The van der Waals surface area contributed by atoms with Gasteiger partial charge in [-0.1, -0.05) is 35.9 Å². The maximum atomic E-state index is 13.1. The summed E-state index contributed by atoms with van der Waals surface area (Å²) < 4.78 is 34.3. The number of benzene rings is 3.